The largest absolute Gasteiger partial charge is 0.352 e. The summed E-state index contributed by atoms with van der Waals surface area (Å²) in [5, 5.41) is 2.99. The molecule has 2 rings (SSSR count). The molecule has 0 radical (unpaired) electrons. The molecule has 0 heterocycles. The van der Waals surface area contributed by atoms with Gasteiger partial charge in [-0.3, -0.25) is 9.59 Å². The number of hydrogen-bond donors (Lipinski definition) is 1. The highest BCUT2D eigenvalue weighted by Gasteiger charge is 2.28. The maximum absolute atomic E-state index is 13.3. The van der Waals surface area contributed by atoms with Crippen LogP contribution in [0.2, 0.25) is 0 Å². The predicted molar refractivity (Wildman–Crippen MR) is 114 cm³/mol. The first-order chi connectivity index (χ1) is 13.9. The fraction of sp³-hybridized carbons (Fsp3) is 0.417. The van der Waals surface area contributed by atoms with Gasteiger partial charge in [0.25, 0.3) is 0 Å². The molecule has 0 aliphatic rings. The number of carbonyl (C=O) groups excluding carboxylic acids is 2. The smallest absolute Gasteiger partial charge is 0.243 e. The molecule has 0 unspecified atom stereocenters. The van der Waals surface area contributed by atoms with Gasteiger partial charge < -0.3 is 10.2 Å². The first-order valence-electron chi connectivity index (χ1n) is 10.3. The van der Waals surface area contributed by atoms with Crippen molar-refractivity contribution in [1.82, 2.24) is 10.2 Å². The first kappa shape index (κ1) is 22.6. The third-order valence-electron chi connectivity index (χ3n) is 5.12. The number of aryl methyl sites for hydroxylation is 1. The van der Waals surface area contributed by atoms with Crippen LogP contribution in [0, 0.1) is 5.82 Å². The van der Waals surface area contributed by atoms with Crippen LogP contribution in [0.3, 0.4) is 0 Å². The van der Waals surface area contributed by atoms with Crippen molar-refractivity contribution in [1.29, 1.82) is 0 Å². The Morgan fingerprint density at radius 1 is 0.966 bits per heavy atom. The standard InChI is InChI=1S/C24H31FN2O2/c1-4-18(3)26-24(29)22(5-2)27(17-20-11-14-21(25)15-12-20)23(28)16-13-19-9-7-6-8-10-19/h6-12,14-15,18,22H,4-5,13,16-17H2,1-3H3,(H,26,29)/t18-,22-/m0/s1. The number of hydrogen-bond acceptors (Lipinski definition) is 2. The molecule has 2 atom stereocenters. The second-order valence-corrected chi connectivity index (χ2v) is 7.38. The average Bonchev–Trinajstić information content (AvgIpc) is 2.73. The minimum atomic E-state index is -0.558. The van der Waals surface area contributed by atoms with E-state index >= 15 is 0 Å². The summed E-state index contributed by atoms with van der Waals surface area (Å²) in [7, 11) is 0. The molecule has 0 saturated carbocycles. The van der Waals surface area contributed by atoms with Crippen LogP contribution < -0.4 is 5.32 Å². The van der Waals surface area contributed by atoms with E-state index in [9.17, 15) is 14.0 Å². The van der Waals surface area contributed by atoms with Gasteiger partial charge in [-0.1, -0.05) is 56.3 Å². The topological polar surface area (TPSA) is 49.4 Å². The number of amides is 2. The Kier molecular flexibility index (Phi) is 8.84. The third kappa shape index (κ3) is 7.00. The Bertz CT molecular complexity index is 777. The monoisotopic (exact) mass is 398 g/mol. The fourth-order valence-corrected chi connectivity index (χ4v) is 3.19. The first-order valence-corrected chi connectivity index (χ1v) is 10.3. The van der Waals surface area contributed by atoms with E-state index in [0.717, 1.165) is 17.5 Å². The number of nitrogens with one attached hydrogen (secondary N) is 1. The maximum atomic E-state index is 13.3. The second kappa shape index (κ2) is 11.3. The molecule has 5 heteroatoms. The molecular formula is C24H31FN2O2. The Labute approximate surface area is 173 Å². The molecule has 4 nitrogen and oxygen atoms in total. The highest BCUT2D eigenvalue weighted by Crippen LogP contribution is 2.16. The maximum Gasteiger partial charge on any atom is 0.243 e. The molecule has 0 aliphatic heterocycles. The van der Waals surface area contributed by atoms with Crippen LogP contribution >= 0.6 is 0 Å². The van der Waals surface area contributed by atoms with E-state index < -0.39 is 6.04 Å². The molecule has 0 fully saturated rings. The van der Waals surface area contributed by atoms with Gasteiger partial charge in [-0.2, -0.15) is 0 Å². The van der Waals surface area contributed by atoms with Gasteiger partial charge in [0.1, 0.15) is 11.9 Å². The van der Waals surface area contributed by atoms with E-state index in [1.165, 1.54) is 12.1 Å². The summed E-state index contributed by atoms with van der Waals surface area (Å²) in [5.41, 5.74) is 1.88. The van der Waals surface area contributed by atoms with Crippen LogP contribution in [-0.4, -0.2) is 28.8 Å². The molecule has 0 aromatic heterocycles. The summed E-state index contributed by atoms with van der Waals surface area (Å²) in [6, 6.07) is 15.4. The second-order valence-electron chi connectivity index (χ2n) is 7.38. The van der Waals surface area contributed by atoms with Crippen molar-refractivity contribution in [3.8, 4) is 0 Å². The third-order valence-corrected chi connectivity index (χ3v) is 5.12. The number of rotatable bonds is 10. The molecule has 0 saturated heterocycles. The zero-order chi connectivity index (χ0) is 21.2. The van der Waals surface area contributed by atoms with Crippen molar-refractivity contribution in [2.45, 2.75) is 65.1 Å². The van der Waals surface area contributed by atoms with Crippen molar-refractivity contribution in [3.63, 3.8) is 0 Å². The van der Waals surface area contributed by atoms with Crippen LogP contribution in [0.25, 0.3) is 0 Å². The molecule has 2 aromatic rings. The SMILES string of the molecule is CC[C@H](C)NC(=O)[C@H](CC)N(Cc1ccc(F)cc1)C(=O)CCc1ccccc1. The van der Waals surface area contributed by atoms with Crippen molar-refractivity contribution >= 4 is 11.8 Å². The lowest BCUT2D eigenvalue weighted by Crippen LogP contribution is -2.50. The summed E-state index contributed by atoms with van der Waals surface area (Å²) in [6.07, 6.45) is 2.27. The predicted octanol–water partition coefficient (Wildman–Crippen LogP) is 4.48. The Morgan fingerprint density at radius 3 is 2.21 bits per heavy atom. The minimum absolute atomic E-state index is 0.0450. The van der Waals surface area contributed by atoms with Gasteiger partial charge in [0, 0.05) is 19.0 Å². The van der Waals surface area contributed by atoms with E-state index in [1.807, 2.05) is 51.1 Å². The van der Waals surface area contributed by atoms with Crippen molar-refractivity contribution in [2.75, 3.05) is 0 Å². The van der Waals surface area contributed by atoms with Crippen LogP contribution in [0.1, 0.15) is 51.2 Å². The number of nitrogens with zero attached hydrogens (tertiary/aromatic N) is 1. The van der Waals surface area contributed by atoms with Crippen LogP contribution in [0.15, 0.2) is 54.6 Å². The molecular weight excluding hydrogens is 367 g/mol. The Balaban J connectivity index is 2.19. The van der Waals surface area contributed by atoms with Gasteiger partial charge >= 0.3 is 0 Å². The Hall–Kier alpha value is -2.69. The minimum Gasteiger partial charge on any atom is -0.352 e. The van der Waals surface area contributed by atoms with Gasteiger partial charge in [-0.25, -0.2) is 4.39 Å². The van der Waals surface area contributed by atoms with E-state index in [-0.39, 0.29) is 30.2 Å². The van der Waals surface area contributed by atoms with Gasteiger partial charge in [-0.05, 0) is 49.4 Å². The van der Waals surface area contributed by atoms with E-state index in [2.05, 4.69) is 5.32 Å². The van der Waals surface area contributed by atoms with Crippen LogP contribution in [-0.2, 0) is 22.6 Å². The van der Waals surface area contributed by atoms with Crippen LogP contribution in [0.5, 0.6) is 0 Å². The highest BCUT2D eigenvalue weighted by atomic mass is 19.1. The van der Waals surface area contributed by atoms with Gasteiger partial charge in [0.05, 0.1) is 0 Å². The molecule has 2 amide bonds. The van der Waals surface area contributed by atoms with E-state index in [1.54, 1.807) is 17.0 Å². The number of benzene rings is 2. The molecule has 0 aliphatic carbocycles. The van der Waals surface area contributed by atoms with E-state index in [4.69, 9.17) is 0 Å². The average molecular weight is 399 g/mol. The summed E-state index contributed by atoms with van der Waals surface area (Å²) in [6.45, 7) is 6.14. The Morgan fingerprint density at radius 2 is 1.62 bits per heavy atom. The zero-order valence-corrected chi connectivity index (χ0v) is 17.5. The van der Waals surface area contributed by atoms with Crippen molar-refractivity contribution < 1.29 is 14.0 Å². The number of halogens is 1. The van der Waals surface area contributed by atoms with Crippen LogP contribution in [0.4, 0.5) is 4.39 Å². The van der Waals surface area contributed by atoms with Crippen molar-refractivity contribution in [2.24, 2.45) is 0 Å². The lowest BCUT2D eigenvalue weighted by Gasteiger charge is -2.31. The highest BCUT2D eigenvalue weighted by molar-refractivity contribution is 5.87. The lowest BCUT2D eigenvalue weighted by atomic mass is 10.1. The molecule has 156 valence electrons. The quantitative estimate of drug-likeness (QED) is 0.641. The zero-order valence-electron chi connectivity index (χ0n) is 17.5. The molecule has 0 bridgehead atoms. The molecule has 0 spiro atoms. The summed E-state index contributed by atoms with van der Waals surface area (Å²) in [5.74, 6) is -0.543. The van der Waals surface area contributed by atoms with Crippen molar-refractivity contribution in [3.05, 3.63) is 71.5 Å². The lowest BCUT2D eigenvalue weighted by molar-refractivity contribution is -0.141. The van der Waals surface area contributed by atoms with Gasteiger partial charge in [-0.15, -0.1) is 0 Å². The molecule has 1 N–H and O–H groups in total. The number of carbonyl (C=O) groups is 2. The van der Waals surface area contributed by atoms with Gasteiger partial charge in [0.2, 0.25) is 11.8 Å². The van der Waals surface area contributed by atoms with Gasteiger partial charge in [0.15, 0.2) is 0 Å². The fourth-order valence-electron chi connectivity index (χ4n) is 3.19. The summed E-state index contributed by atoms with van der Waals surface area (Å²) >= 11 is 0. The summed E-state index contributed by atoms with van der Waals surface area (Å²) in [4.78, 5) is 27.6. The molecule has 29 heavy (non-hydrogen) atoms. The summed E-state index contributed by atoms with van der Waals surface area (Å²) < 4.78 is 13.3. The van der Waals surface area contributed by atoms with E-state index in [0.29, 0.717) is 19.3 Å². The normalized spacial score (nSPS) is 12.8. The molecule has 2 aromatic carbocycles.